The Balaban J connectivity index is 1.41. The van der Waals surface area contributed by atoms with E-state index < -0.39 is 162 Å². The van der Waals surface area contributed by atoms with Crippen molar-refractivity contribution in [3.8, 4) is 0 Å². The van der Waals surface area contributed by atoms with Gasteiger partial charge < -0.3 is 109 Å². The van der Waals surface area contributed by atoms with Gasteiger partial charge in [-0.05, 0) is 6.92 Å². The number of aliphatic hydroxyl groups is 14. The Morgan fingerprint density at radius 3 is 1.20 bits per heavy atom. The van der Waals surface area contributed by atoms with Gasteiger partial charge >= 0.3 is 0 Å². The van der Waals surface area contributed by atoms with Crippen LogP contribution in [0.5, 0.6) is 0 Å². The van der Waals surface area contributed by atoms with Crippen LogP contribution < -0.4 is 0 Å². The molecule has 22 heteroatoms. The Labute approximate surface area is 278 Å². The summed E-state index contributed by atoms with van der Waals surface area (Å²) < 4.78 is 43.7. The van der Waals surface area contributed by atoms with E-state index in [1.807, 2.05) is 0 Å². The average molecular weight is 725 g/mol. The Morgan fingerprint density at radius 1 is 0.469 bits per heavy atom. The summed E-state index contributed by atoms with van der Waals surface area (Å²) in [4.78, 5) is 0. The molecule has 0 bridgehead atoms. The lowest BCUT2D eigenvalue weighted by molar-refractivity contribution is -0.388. The van der Waals surface area contributed by atoms with Crippen LogP contribution in [0.4, 0.5) is 0 Å². The molecule has 0 saturated carbocycles. The summed E-state index contributed by atoms with van der Waals surface area (Å²) in [5, 5.41) is 143. The zero-order chi connectivity index (χ0) is 36.3. The Morgan fingerprint density at radius 2 is 0.816 bits per heavy atom. The summed E-state index contributed by atoms with van der Waals surface area (Å²) in [5.41, 5.74) is 0. The summed E-state index contributed by atoms with van der Waals surface area (Å²) >= 11 is 0. The Hall–Kier alpha value is -0.880. The SMILES string of the molecule is C[C@@H]1O[C@@H](O[C@@H]2[C@H](O)[C@@H](O)[C@H](O[C@@H]3[C@H](O)[C@@H](O)[C@H](O[C@@H]4[C@H](O)[C@@H](O)[C@@H](OCC(O)CO)O[C@@H]4CO)O[C@@H]3CO)O[C@@H]2CO)[C@H](O)[C@H](O)[C@H]1O. The molecule has 14 N–H and O–H groups in total. The topological polar surface area (TPSA) is 357 Å². The molecule has 0 aromatic rings. The van der Waals surface area contributed by atoms with Crippen molar-refractivity contribution >= 4 is 0 Å². The molecule has 21 atom stereocenters. The van der Waals surface area contributed by atoms with Crippen LogP contribution in [0.15, 0.2) is 0 Å². The molecule has 4 aliphatic rings. The van der Waals surface area contributed by atoms with Gasteiger partial charge in [-0.25, -0.2) is 0 Å². The summed E-state index contributed by atoms with van der Waals surface area (Å²) in [6, 6.07) is 0. The van der Waals surface area contributed by atoms with Gasteiger partial charge in [-0.15, -0.1) is 0 Å². The first-order chi connectivity index (χ1) is 23.2. The number of hydrogen-bond acceptors (Lipinski definition) is 22. The average Bonchev–Trinajstić information content (AvgIpc) is 3.09. The molecular formula is C27H48O22. The molecule has 1 unspecified atom stereocenters. The molecule has 0 amide bonds. The van der Waals surface area contributed by atoms with E-state index in [9.17, 15) is 66.4 Å². The number of rotatable bonds is 13. The van der Waals surface area contributed by atoms with Gasteiger partial charge in [0.05, 0.1) is 39.1 Å². The maximum Gasteiger partial charge on any atom is 0.187 e. The number of ether oxygens (including phenoxy) is 8. The fourth-order valence-corrected chi connectivity index (χ4v) is 5.87. The van der Waals surface area contributed by atoms with Gasteiger partial charge in [-0.3, -0.25) is 0 Å². The van der Waals surface area contributed by atoms with Gasteiger partial charge in [0, 0.05) is 0 Å². The number of hydrogen-bond donors (Lipinski definition) is 14. The van der Waals surface area contributed by atoms with Crippen molar-refractivity contribution < 1.29 is 109 Å². The highest BCUT2D eigenvalue weighted by atomic mass is 16.8. The van der Waals surface area contributed by atoms with Crippen LogP contribution in [-0.2, 0) is 37.9 Å². The van der Waals surface area contributed by atoms with E-state index >= 15 is 0 Å². The minimum atomic E-state index is -2.02. The molecule has 288 valence electrons. The first-order valence-electron chi connectivity index (χ1n) is 15.6. The normalized spacial score (nSPS) is 50.3. The lowest BCUT2D eigenvalue weighted by Crippen LogP contribution is -2.67. The van der Waals surface area contributed by atoms with Gasteiger partial charge in [-0.2, -0.15) is 0 Å². The maximum atomic E-state index is 11.0. The molecule has 4 rings (SSSR count). The third kappa shape index (κ3) is 8.85. The molecule has 4 heterocycles. The predicted octanol–water partition coefficient (Wildman–Crippen LogP) is -9.34. The third-order valence-electron chi connectivity index (χ3n) is 8.81. The summed E-state index contributed by atoms with van der Waals surface area (Å²) in [5.74, 6) is 0. The molecule has 22 nitrogen and oxygen atoms in total. The van der Waals surface area contributed by atoms with E-state index in [-0.39, 0.29) is 0 Å². The number of aliphatic hydroxyl groups excluding tert-OH is 14. The fourth-order valence-electron chi connectivity index (χ4n) is 5.87. The highest BCUT2D eigenvalue weighted by Crippen LogP contribution is 2.34. The third-order valence-corrected chi connectivity index (χ3v) is 8.81. The highest BCUT2D eigenvalue weighted by molar-refractivity contribution is 4.97. The molecule has 49 heavy (non-hydrogen) atoms. The van der Waals surface area contributed by atoms with E-state index in [2.05, 4.69) is 0 Å². The zero-order valence-corrected chi connectivity index (χ0v) is 26.2. The van der Waals surface area contributed by atoms with Crippen molar-refractivity contribution in [2.75, 3.05) is 33.0 Å². The van der Waals surface area contributed by atoms with Gasteiger partial charge in [0.1, 0.15) is 97.7 Å². The van der Waals surface area contributed by atoms with Crippen molar-refractivity contribution in [1.82, 2.24) is 0 Å². The van der Waals surface area contributed by atoms with Gasteiger partial charge in [-0.1, -0.05) is 0 Å². The van der Waals surface area contributed by atoms with E-state index in [4.69, 9.17) is 43.0 Å². The first-order valence-corrected chi connectivity index (χ1v) is 15.6. The lowest BCUT2D eigenvalue weighted by atomic mass is 9.95. The van der Waals surface area contributed by atoms with Crippen molar-refractivity contribution in [3.63, 3.8) is 0 Å². The first kappa shape index (κ1) is 40.9. The molecule has 4 saturated heterocycles. The van der Waals surface area contributed by atoms with Crippen LogP contribution in [-0.4, -0.2) is 233 Å². The molecular weight excluding hydrogens is 676 g/mol. The monoisotopic (exact) mass is 724 g/mol. The predicted molar refractivity (Wildman–Crippen MR) is 149 cm³/mol. The zero-order valence-electron chi connectivity index (χ0n) is 26.2. The summed E-state index contributed by atoms with van der Waals surface area (Å²) in [6.45, 7) is -2.37. The minimum absolute atomic E-state index is 0.500. The van der Waals surface area contributed by atoms with E-state index in [1.54, 1.807) is 0 Å². The second-order valence-corrected chi connectivity index (χ2v) is 12.3. The van der Waals surface area contributed by atoms with Gasteiger partial charge in [0.2, 0.25) is 0 Å². The molecule has 0 radical (unpaired) electrons. The quantitative estimate of drug-likeness (QED) is 0.0838. The maximum absolute atomic E-state index is 11.0. The molecule has 0 aromatic heterocycles. The van der Waals surface area contributed by atoms with Crippen molar-refractivity contribution in [1.29, 1.82) is 0 Å². The Kier molecular flexibility index (Phi) is 14.8. The molecule has 0 aliphatic carbocycles. The Bertz CT molecular complexity index is 992. The largest absolute Gasteiger partial charge is 0.394 e. The van der Waals surface area contributed by atoms with Crippen LogP contribution in [0.1, 0.15) is 6.92 Å². The van der Waals surface area contributed by atoms with E-state index in [0.29, 0.717) is 0 Å². The highest BCUT2D eigenvalue weighted by Gasteiger charge is 2.55. The van der Waals surface area contributed by atoms with E-state index in [1.165, 1.54) is 6.92 Å². The minimum Gasteiger partial charge on any atom is -0.394 e. The van der Waals surface area contributed by atoms with Crippen molar-refractivity contribution in [2.45, 2.75) is 136 Å². The van der Waals surface area contributed by atoms with Crippen LogP contribution in [0.2, 0.25) is 0 Å². The van der Waals surface area contributed by atoms with Gasteiger partial charge in [0.25, 0.3) is 0 Å². The lowest BCUT2D eigenvalue weighted by Gasteiger charge is -2.49. The van der Waals surface area contributed by atoms with E-state index in [0.717, 1.165) is 0 Å². The van der Waals surface area contributed by atoms with Crippen LogP contribution in [0, 0.1) is 0 Å². The molecule has 0 spiro atoms. The van der Waals surface area contributed by atoms with Crippen LogP contribution >= 0.6 is 0 Å². The molecule has 4 fully saturated rings. The molecule has 0 aromatic carbocycles. The van der Waals surface area contributed by atoms with Crippen LogP contribution in [0.25, 0.3) is 0 Å². The second-order valence-electron chi connectivity index (χ2n) is 12.3. The smallest absolute Gasteiger partial charge is 0.187 e. The fraction of sp³-hybridized carbons (Fsp3) is 1.00. The van der Waals surface area contributed by atoms with Crippen LogP contribution in [0.3, 0.4) is 0 Å². The summed E-state index contributed by atoms with van der Waals surface area (Å²) in [6.07, 6.45) is -35.2. The van der Waals surface area contributed by atoms with Crippen molar-refractivity contribution in [3.05, 3.63) is 0 Å². The van der Waals surface area contributed by atoms with Crippen molar-refractivity contribution in [2.24, 2.45) is 0 Å². The van der Waals surface area contributed by atoms with Gasteiger partial charge in [0.15, 0.2) is 25.2 Å². The standard InChI is InChI=1S/C27H48O22/c1-7-12(33)13(34)17(38)25(43-7)47-22-10(4-30)45-27(19(40)15(22)36)49-23-11(5-31)46-26(20(41)16(23)37)48-21-9(3-29)44-24(18(39)14(21)35)42-6-8(32)2-28/h7-41H,2-6H2,1H3/t7-,8?,9+,10+,11+,12-,13+,14+,15+,16+,17+,18+,19+,20+,21-,22-,23-,24-,25-,26-,27-/m0/s1. The molecule has 4 aliphatic heterocycles. The second kappa shape index (κ2) is 17.8. The summed E-state index contributed by atoms with van der Waals surface area (Å²) in [7, 11) is 0.